The molecule has 6 heteroatoms. The molecule has 0 aliphatic rings. The van der Waals surface area contributed by atoms with Crippen molar-refractivity contribution in [3.05, 3.63) is 17.5 Å². The molecular weight excluding hydrogens is 216 g/mol. The molecule has 3 nitrogen and oxygen atoms in total. The molecule has 1 aromatic heterocycles. The normalized spacial score (nSPS) is 10.6. The summed E-state index contributed by atoms with van der Waals surface area (Å²) in [7, 11) is 1.26. The summed E-state index contributed by atoms with van der Waals surface area (Å²) in [5.41, 5.74) is -0.446. The first-order valence-corrected chi connectivity index (χ1v) is 4.24. The number of alkyl halides is 3. The molecule has 0 amide bonds. The van der Waals surface area contributed by atoms with Crippen LogP contribution in [0.4, 0.5) is 8.78 Å². The molecule has 0 atom stereocenters. The van der Waals surface area contributed by atoms with Crippen molar-refractivity contribution in [3.63, 3.8) is 0 Å². The van der Waals surface area contributed by atoms with Crippen LogP contribution in [0.3, 0.4) is 0 Å². The van der Waals surface area contributed by atoms with Crippen molar-refractivity contribution in [2.75, 3.05) is 7.11 Å². The molecule has 0 aromatic carbocycles. The van der Waals surface area contributed by atoms with Gasteiger partial charge in [0.15, 0.2) is 11.5 Å². The second kappa shape index (κ2) is 4.41. The molecule has 0 bridgehead atoms. The fourth-order valence-corrected chi connectivity index (χ4v) is 1.34. The lowest BCUT2D eigenvalue weighted by atomic mass is 10.2. The van der Waals surface area contributed by atoms with E-state index in [1.165, 1.54) is 7.11 Å². The minimum atomic E-state index is -2.74. The van der Waals surface area contributed by atoms with Crippen LogP contribution < -0.4 is 4.74 Å². The number of pyridine rings is 1. The minimum Gasteiger partial charge on any atom is -0.503 e. The van der Waals surface area contributed by atoms with Crippen LogP contribution in [0, 0.1) is 0 Å². The SMILES string of the molecule is COc1c(O)cnc(C(F)F)c1CCl. The molecule has 0 spiro atoms. The van der Waals surface area contributed by atoms with Gasteiger partial charge in [0.1, 0.15) is 5.69 Å². The maximum Gasteiger partial charge on any atom is 0.280 e. The van der Waals surface area contributed by atoms with E-state index in [1.807, 2.05) is 0 Å². The second-order valence-electron chi connectivity index (χ2n) is 2.47. The van der Waals surface area contributed by atoms with Gasteiger partial charge >= 0.3 is 0 Å². The first kappa shape index (κ1) is 11.0. The van der Waals surface area contributed by atoms with Crippen molar-refractivity contribution in [2.45, 2.75) is 12.3 Å². The van der Waals surface area contributed by atoms with Crippen LogP contribution in [0.2, 0.25) is 0 Å². The van der Waals surface area contributed by atoms with E-state index in [2.05, 4.69) is 4.98 Å². The topological polar surface area (TPSA) is 42.4 Å². The zero-order valence-corrected chi connectivity index (χ0v) is 8.05. The fraction of sp³-hybridized carbons (Fsp3) is 0.375. The molecule has 0 fully saturated rings. The lowest BCUT2D eigenvalue weighted by Gasteiger charge is -2.11. The highest BCUT2D eigenvalue weighted by molar-refractivity contribution is 6.17. The number of hydrogen-bond donors (Lipinski definition) is 1. The van der Waals surface area contributed by atoms with E-state index in [0.29, 0.717) is 0 Å². The number of aromatic hydroxyl groups is 1. The van der Waals surface area contributed by atoms with E-state index < -0.39 is 12.1 Å². The molecular formula is C8H8ClF2NO2. The number of halogens is 3. The predicted octanol–water partition coefficient (Wildman–Crippen LogP) is 2.47. The highest BCUT2D eigenvalue weighted by atomic mass is 35.5. The van der Waals surface area contributed by atoms with E-state index in [9.17, 15) is 13.9 Å². The summed E-state index contributed by atoms with van der Waals surface area (Å²) in [6.45, 7) is 0. The van der Waals surface area contributed by atoms with Crippen molar-refractivity contribution in [3.8, 4) is 11.5 Å². The maximum atomic E-state index is 12.4. The fourth-order valence-electron chi connectivity index (χ4n) is 1.08. The van der Waals surface area contributed by atoms with Crippen molar-refractivity contribution in [1.29, 1.82) is 0 Å². The van der Waals surface area contributed by atoms with Crippen LogP contribution in [0.5, 0.6) is 11.5 Å². The number of aromatic nitrogens is 1. The zero-order chi connectivity index (χ0) is 10.7. The number of hydrogen-bond acceptors (Lipinski definition) is 3. The van der Waals surface area contributed by atoms with Crippen LogP contribution in [-0.4, -0.2) is 17.2 Å². The molecule has 78 valence electrons. The summed E-state index contributed by atoms with van der Waals surface area (Å²) in [5, 5.41) is 9.24. The van der Waals surface area contributed by atoms with Crippen molar-refractivity contribution in [1.82, 2.24) is 4.98 Å². The van der Waals surface area contributed by atoms with E-state index in [-0.39, 0.29) is 22.9 Å². The summed E-state index contributed by atoms with van der Waals surface area (Å²) < 4.78 is 29.6. The third-order valence-corrected chi connectivity index (χ3v) is 1.95. The van der Waals surface area contributed by atoms with Gasteiger partial charge in [-0.2, -0.15) is 0 Å². The summed E-state index contributed by atoms with van der Waals surface area (Å²) >= 11 is 5.47. The Morgan fingerprint density at radius 2 is 2.29 bits per heavy atom. The first-order chi connectivity index (χ1) is 6.61. The molecule has 14 heavy (non-hydrogen) atoms. The van der Waals surface area contributed by atoms with Gasteiger partial charge in [0.2, 0.25) is 0 Å². The van der Waals surface area contributed by atoms with E-state index in [1.54, 1.807) is 0 Å². The van der Waals surface area contributed by atoms with Crippen LogP contribution in [-0.2, 0) is 5.88 Å². The van der Waals surface area contributed by atoms with Gasteiger partial charge in [0.05, 0.1) is 19.2 Å². The molecule has 0 aliphatic heterocycles. The number of rotatable bonds is 3. The van der Waals surface area contributed by atoms with Crippen LogP contribution in [0.15, 0.2) is 6.20 Å². The van der Waals surface area contributed by atoms with Crippen LogP contribution in [0.1, 0.15) is 17.7 Å². The Kier molecular flexibility index (Phi) is 3.46. The molecule has 0 saturated heterocycles. The van der Waals surface area contributed by atoms with Gasteiger partial charge in [-0.05, 0) is 0 Å². The summed E-state index contributed by atoms with van der Waals surface area (Å²) in [5.74, 6) is -0.539. The Labute approximate surface area is 84.3 Å². The van der Waals surface area contributed by atoms with Crippen molar-refractivity contribution in [2.24, 2.45) is 0 Å². The lowest BCUT2D eigenvalue weighted by molar-refractivity contribution is 0.144. The Hall–Kier alpha value is -1.10. The first-order valence-electron chi connectivity index (χ1n) is 3.70. The maximum absolute atomic E-state index is 12.4. The molecule has 1 N–H and O–H groups in total. The monoisotopic (exact) mass is 223 g/mol. The predicted molar refractivity (Wildman–Crippen MR) is 47.0 cm³/mol. The summed E-state index contributed by atoms with van der Waals surface area (Å²) in [4.78, 5) is 3.39. The number of nitrogens with zero attached hydrogens (tertiary/aromatic N) is 1. The third kappa shape index (κ3) is 1.87. The van der Waals surface area contributed by atoms with Gasteiger partial charge < -0.3 is 9.84 Å². The average Bonchev–Trinajstić information content (AvgIpc) is 2.16. The molecule has 0 saturated carbocycles. The van der Waals surface area contributed by atoms with Crippen LogP contribution in [0.25, 0.3) is 0 Å². The standard InChI is InChI=1S/C8H8ClF2NO2/c1-14-7-4(2-9)6(8(10)11)12-3-5(7)13/h3,8,13H,2H2,1H3. The Morgan fingerprint density at radius 1 is 1.64 bits per heavy atom. The Morgan fingerprint density at radius 3 is 2.71 bits per heavy atom. The molecule has 1 heterocycles. The van der Waals surface area contributed by atoms with Gasteiger partial charge in [-0.1, -0.05) is 0 Å². The Balaban J connectivity index is 3.33. The van der Waals surface area contributed by atoms with Gasteiger partial charge in [-0.25, -0.2) is 8.78 Å². The summed E-state index contributed by atoms with van der Waals surface area (Å²) in [6.07, 6.45) is -1.82. The average molecular weight is 224 g/mol. The second-order valence-corrected chi connectivity index (χ2v) is 2.74. The van der Waals surface area contributed by atoms with Gasteiger partial charge in [-0.15, -0.1) is 11.6 Å². The molecule has 1 rings (SSSR count). The lowest BCUT2D eigenvalue weighted by Crippen LogP contribution is -2.00. The highest BCUT2D eigenvalue weighted by Crippen LogP contribution is 2.35. The summed E-state index contributed by atoms with van der Waals surface area (Å²) in [6, 6.07) is 0. The van der Waals surface area contributed by atoms with Gasteiger partial charge in [0, 0.05) is 5.56 Å². The number of ether oxygens (including phenoxy) is 1. The Bertz CT molecular complexity index is 333. The van der Waals surface area contributed by atoms with Gasteiger partial charge in [-0.3, -0.25) is 4.98 Å². The highest BCUT2D eigenvalue weighted by Gasteiger charge is 2.20. The van der Waals surface area contributed by atoms with E-state index >= 15 is 0 Å². The van der Waals surface area contributed by atoms with E-state index in [0.717, 1.165) is 6.20 Å². The quantitative estimate of drug-likeness (QED) is 0.801. The van der Waals surface area contributed by atoms with Gasteiger partial charge in [0.25, 0.3) is 6.43 Å². The molecule has 0 unspecified atom stereocenters. The van der Waals surface area contributed by atoms with E-state index in [4.69, 9.17) is 16.3 Å². The third-order valence-electron chi connectivity index (χ3n) is 1.69. The zero-order valence-electron chi connectivity index (χ0n) is 7.30. The van der Waals surface area contributed by atoms with Crippen molar-refractivity contribution < 1.29 is 18.6 Å². The smallest absolute Gasteiger partial charge is 0.280 e. The molecule has 0 radical (unpaired) electrons. The molecule has 1 aromatic rings. The largest absolute Gasteiger partial charge is 0.503 e. The van der Waals surface area contributed by atoms with Crippen LogP contribution >= 0.6 is 11.6 Å². The molecule has 0 aliphatic carbocycles. The van der Waals surface area contributed by atoms with Crippen molar-refractivity contribution >= 4 is 11.6 Å². The number of methoxy groups -OCH3 is 1. The minimum absolute atomic E-state index is 0.0177.